The molecular formula is C12H19ClN2O2S2. The largest absolute Gasteiger partial charge is 0.301 e. The van der Waals surface area contributed by atoms with Crippen LogP contribution in [0.15, 0.2) is 16.3 Å². The molecule has 1 aliphatic heterocycles. The van der Waals surface area contributed by atoms with E-state index in [0.717, 1.165) is 17.8 Å². The number of thiophene rings is 1. The molecule has 1 aromatic heterocycles. The highest BCUT2D eigenvalue weighted by Gasteiger charge is 2.32. The summed E-state index contributed by atoms with van der Waals surface area (Å²) in [4.78, 5) is 3.12. The highest BCUT2D eigenvalue weighted by atomic mass is 35.5. The minimum Gasteiger partial charge on any atom is -0.301 e. The van der Waals surface area contributed by atoms with E-state index in [9.17, 15) is 8.42 Å². The first-order valence-electron chi connectivity index (χ1n) is 6.34. The second-order valence-electron chi connectivity index (χ2n) is 4.76. The van der Waals surface area contributed by atoms with Gasteiger partial charge in [-0.25, -0.2) is 8.42 Å². The smallest absolute Gasteiger partial charge is 0.252 e. The van der Waals surface area contributed by atoms with Crippen molar-refractivity contribution < 1.29 is 8.42 Å². The molecule has 0 radical (unpaired) electrons. The molecule has 0 amide bonds. The predicted molar refractivity (Wildman–Crippen MR) is 79.3 cm³/mol. The van der Waals surface area contributed by atoms with Crippen molar-refractivity contribution in [2.45, 2.75) is 29.5 Å². The molecule has 0 aliphatic carbocycles. The van der Waals surface area contributed by atoms with Crippen LogP contribution >= 0.6 is 22.9 Å². The number of rotatable bonds is 4. The van der Waals surface area contributed by atoms with Crippen molar-refractivity contribution in [1.29, 1.82) is 0 Å². The summed E-state index contributed by atoms with van der Waals surface area (Å²) in [6.45, 7) is 4.01. The Morgan fingerprint density at radius 2 is 2.16 bits per heavy atom. The molecule has 1 aliphatic rings. The molecular weight excluding hydrogens is 304 g/mol. The quantitative estimate of drug-likeness (QED) is 0.798. The van der Waals surface area contributed by atoms with Crippen LogP contribution in [0, 0.1) is 0 Å². The zero-order valence-corrected chi connectivity index (χ0v) is 13.6. The summed E-state index contributed by atoms with van der Waals surface area (Å²) >= 11 is 7.00. The molecule has 0 saturated carbocycles. The molecule has 0 bridgehead atoms. The molecule has 1 fully saturated rings. The summed E-state index contributed by atoms with van der Waals surface area (Å²) in [5, 5.41) is 0. The van der Waals surface area contributed by atoms with Crippen LogP contribution in [0.5, 0.6) is 0 Å². The number of piperazine rings is 1. The van der Waals surface area contributed by atoms with Crippen LogP contribution in [0.4, 0.5) is 0 Å². The Kier molecular flexibility index (Phi) is 4.89. The van der Waals surface area contributed by atoms with E-state index in [2.05, 4.69) is 18.9 Å². The molecule has 0 N–H and O–H groups in total. The minimum atomic E-state index is -3.35. The number of alkyl halides is 1. The second kappa shape index (κ2) is 6.10. The van der Waals surface area contributed by atoms with E-state index < -0.39 is 10.0 Å². The summed E-state index contributed by atoms with van der Waals surface area (Å²) in [6, 6.07) is 3.76. The van der Waals surface area contributed by atoms with Gasteiger partial charge in [0.15, 0.2) is 0 Å². The standard InChI is InChI=1S/C12H19ClN2O2S2/c1-3-10-9-15(7-6-14(10)2)19(16,17)12-5-4-11(8-13)18-12/h4-5,10H,3,6-9H2,1-2H3. The summed E-state index contributed by atoms with van der Waals surface area (Å²) in [5.74, 6) is 0.362. The molecule has 1 unspecified atom stereocenters. The normalized spacial score (nSPS) is 22.8. The van der Waals surface area contributed by atoms with E-state index in [-0.39, 0.29) is 0 Å². The van der Waals surface area contributed by atoms with Gasteiger partial charge < -0.3 is 4.90 Å². The fraction of sp³-hybridized carbons (Fsp3) is 0.667. The second-order valence-corrected chi connectivity index (χ2v) is 8.36. The first-order valence-corrected chi connectivity index (χ1v) is 9.13. The maximum Gasteiger partial charge on any atom is 0.252 e. The monoisotopic (exact) mass is 322 g/mol. The molecule has 1 atom stereocenters. The van der Waals surface area contributed by atoms with E-state index in [1.165, 1.54) is 11.3 Å². The predicted octanol–water partition coefficient (Wildman–Crippen LogP) is 2.20. The van der Waals surface area contributed by atoms with Crippen molar-refractivity contribution in [3.63, 3.8) is 0 Å². The third kappa shape index (κ3) is 3.13. The van der Waals surface area contributed by atoms with Gasteiger partial charge >= 0.3 is 0 Å². The lowest BCUT2D eigenvalue weighted by molar-refractivity contribution is 0.144. The van der Waals surface area contributed by atoms with E-state index in [0.29, 0.717) is 29.2 Å². The molecule has 0 spiro atoms. The van der Waals surface area contributed by atoms with Gasteiger partial charge in [0.1, 0.15) is 4.21 Å². The fourth-order valence-electron chi connectivity index (χ4n) is 2.27. The number of sulfonamides is 1. The summed E-state index contributed by atoms with van der Waals surface area (Å²) in [5.41, 5.74) is 0. The molecule has 19 heavy (non-hydrogen) atoms. The Morgan fingerprint density at radius 1 is 1.42 bits per heavy atom. The van der Waals surface area contributed by atoms with Gasteiger partial charge in [-0.3, -0.25) is 0 Å². The van der Waals surface area contributed by atoms with Gasteiger partial charge in [0.05, 0.1) is 5.88 Å². The third-order valence-corrected chi connectivity index (χ3v) is 7.44. The van der Waals surface area contributed by atoms with Crippen LogP contribution in [0.25, 0.3) is 0 Å². The van der Waals surface area contributed by atoms with Crippen molar-refractivity contribution in [2.75, 3.05) is 26.7 Å². The lowest BCUT2D eigenvalue weighted by Gasteiger charge is -2.38. The van der Waals surface area contributed by atoms with E-state index >= 15 is 0 Å². The number of likely N-dealkylation sites (N-methyl/N-ethyl adjacent to an activating group) is 1. The van der Waals surface area contributed by atoms with Crippen LogP contribution in [-0.2, 0) is 15.9 Å². The lowest BCUT2D eigenvalue weighted by atomic mass is 10.1. The highest BCUT2D eigenvalue weighted by Crippen LogP contribution is 2.27. The summed E-state index contributed by atoms with van der Waals surface area (Å²) < 4.78 is 27.1. The average molecular weight is 323 g/mol. The third-order valence-electron chi connectivity index (χ3n) is 3.57. The number of halogens is 1. The number of nitrogens with zero attached hydrogens (tertiary/aromatic N) is 2. The van der Waals surface area contributed by atoms with Crippen LogP contribution in [0.1, 0.15) is 18.2 Å². The highest BCUT2D eigenvalue weighted by molar-refractivity contribution is 7.91. The molecule has 1 saturated heterocycles. The van der Waals surface area contributed by atoms with Crippen molar-refractivity contribution in [2.24, 2.45) is 0 Å². The topological polar surface area (TPSA) is 40.6 Å². The van der Waals surface area contributed by atoms with E-state index in [4.69, 9.17) is 11.6 Å². The Balaban J connectivity index is 2.20. The maximum absolute atomic E-state index is 12.6. The molecule has 2 heterocycles. The first-order chi connectivity index (χ1) is 8.98. The van der Waals surface area contributed by atoms with Crippen LogP contribution in [0.2, 0.25) is 0 Å². The summed E-state index contributed by atoms with van der Waals surface area (Å²) in [7, 11) is -1.30. The number of hydrogen-bond donors (Lipinski definition) is 0. The molecule has 2 rings (SSSR count). The Labute approximate surface area is 124 Å². The van der Waals surface area contributed by atoms with Crippen molar-refractivity contribution in [1.82, 2.24) is 9.21 Å². The van der Waals surface area contributed by atoms with Gasteiger partial charge in [0.2, 0.25) is 0 Å². The van der Waals surface area contributed by atoms with Crippen LogP contribution < -0.4 is 0 Å². The molecule has 0 aromatic carbocycles. The Bertz CT molecular complexity index is 530. The van der Waals surface area contributed by atoms with Gasteiger partial charge in [0, 0.05) is 30.6 Å². The minimum absolute atomic E-state index is 0.302. The first kappa shape index (κ1) is 15.3. The van der Waals surface area contributed by atoms with Gasteiger partial charge in [0.25, 0.3) is 10.0 Å². The molecule has 4 nitrogen and oxygen atoms in total. The maximum atomic E-state index is 12.6. The van der Waals surface area contributed by atoms with Gasteiger partial charge in [-0.1, -0.05) is 6.92 Å². The van der Waals surface area contributed by atoms with Crippen LogP contribution in [0.3, 0.4) is 0 Å². The van der Waals surface area contributed by atoms with Crippen molar-refractivity contribution in [3.8, 4) is 0 Å². The average Bonchev–Trinajstić information content (AvgIpc) is 2.88. The number of hydrogen-bond acceptors (Lipinski definition) is 4. The van der Waals surface area contributed by atoms with Crippen LogP contribution in [-0.4, -0.2) is 50.3 Å². The summed E-state index contributed by atoms with van der Waals surface area (Å²) in [6.07, 6.45) is 0.958. The van der Waals surface area contributed by atoms with Gasteiger partial charge in [-0.05, 0) is 25.6 Å². The molecule has 1 aromatic rings. The van der Waals surface area contributed by atoms with Gasteiger partial charge in [-0.15, -0.1) is 22.9 Å². The lowest BCUT2D eigenvalue weighted by Crippen LogP contribution is -2.52. The van der Waals surface area contributed by atoms with Crippen molar-refractivity contribution >= 4 is 33.0 Å². The fourth-order valence-corrected chi connectivity index (χ4v) is 5.35. The Morgan fingerprint density at radius 3 is 2.74 bits per heavy atom. The zero-order valence-electron chi connectivity index (χ0n) is 11.2. The molecule has 7 heteroatoms. The van der Waals surface area contributed by atoms with Crippen molar-refractivity contribution in [3.05, 3.63) is 17.0 Å². The molecule has 108 valence electrons. The van der Waals surface area contributed by atoms with E-state index in [1.54, 1.807) is 16.4 Å². The van der Waals surface area contributed by atoms with E-state index in [1.807, 2.05) is 0 Å². The zero-order chi connectivity index (χ0) is 14.0. The SMILES string of the molecule is CCC1CN(S(=O)(=O)c2ccc(CCl)s2)CCN1C. The van der Waals surface area contributed by atoms with Gasteiger partial charge in [-0.2, -0.15) is 4.31 Å². The Hall–Kier alpha value is -0.140.